The van der Waals surface area contributed by atoms with Crippen LogP contribution in [-0.4, -0.2) is 12.5 Å². The predicted octanol–water partition coefficient (Wildman–Crippen LogP) is 5.05. The lowest BCUT2D eigenvalue weighted by Crippen LogP contribution is -2.20. The van der Waals surface area contributed by atoms with Crippen LogP contribution in [0.2, 0.25) is 0 Å². The van der Waals surface area contributed by atoms with Crippen molar-refractivity contribution in [2.24, 2.45) is 0 Å². The molecule has 0 fully saturated rings. The first-order valence-electron chi connectivity index (χ1n) is 8.20. The fourth-order valence-corrected chi connectivity index (χ4v) is 2.85. The number of nitrogens with one attached hydrogen (secondary N) is 1. The number of ether oxygens (including phenoxy) is 1. The summed E-state index contributed by atoms with van der Waals surface area (Å²) in [6.07, 6.45) is 0. The monoisotopic (exact) mass is 349 g/mol. The molecule has 0 atom stereocenters. The van der Waals surface area contributed by atoms with Gasteiger partial charge in [0.2, 0.25) is 0 Å². The van der Waals surface area contributed by atoms with E-state index in [-0.39, 0.29) is 12.3 Å². The minimum atomic E-state index is -0.468. The first-order valence-corrected chi connectivity index (χ1v) is 8.20. The zero-order chi connectivity index (χ0) is 18.1. The second-order valence-corrected chi connectivity index (χ2v) is 6.08. The van der Waals surface area contributed by atoms with E-state index in [1.807, 2.05) is 36.4 Å². The molecule has 0 radical (unpaired) electrons. The lowest BCUT2D eigenvalue weighted by Gasteiger charge is -2.08. The van der Waals surface area contributed by atoms with Crippen LogP contribution < -0.4 is 10.1 Å². The molecule has 26 heavy (non-hydrogen) atoms. The number of aryl methyl sites for hydroxylation is 1. The van der Waals surface area contributed by atoms with Gasteiger partial charge in [-0.25, -0.2) is 4.39 Å². The third kappa shape index (κ3) is 3.11. The summed E-state index contributed by atoms with van der Waals surface area (Å²) in [6, 6.07) is 17.7. The standard InChI is InChI=1S/C21H16FNO3/c1-13-6-8-18(17(22)10-13)23-21(24)12-25-14-7-9-20-16(11-14)15-4-2-3-5-19(15)26-20/h2-11H,12H2,1H3,(H,23,24). The SMILES string of the molecule is Cc1ccc(NC(=O)COc2ccc3oc4ccccc4c3c2)c(F)c1. The highest BCUT2D eigenvalue weighted by molar-refractivity contribution is 6.05. The van der Waals surface area contributed by atoms with E-state index < -0.39 is 11.7 Å². The van der Waals surface area contributed by atoms with Gasteiger partial charge in [-0.15, -0.1) is 0 Å². The third-order valence-corrected chi connectivity index (χ3v) is 4.12. The van der Waals surface area contributed by atoms with Crippen molar-refractivity contribution in [2.75, 3.05) is 11.9 Å². The molecule has 5 heteroatoms. The maximum Gasteiger partial charge on any atom is 0.262 e. The molecule has 4 aromatic rings. The Bertz CT molecular complexity index is 1120. The van der Waals surface area contributed by atoms with Gasteiger partial charge in [-0.05, 0) is 48.9 Å². The largest absolute Gasteiger partial charge is 0.484 e. The summed E-state index contributed by atoms with van der Waals surface area (Å²) in [6.45, 7) is 1.57. The average Bonchev–Trinajstić information content (AvgIpc) is 3.00. The van der Waals surface area contributed by atoms with Gasteiger partial charge in [0, 0.05) is 10.8 Å². The number of carbonyl (C=O) groups excluding carboxylic acids is 1. The van der Waals surface area contributed by atoms with Gasteiger partial charge in [0.15, 0.2) is 6.61 Å². The first kappa shape index (κ1) is 16.1. The Labute approximate surface area is 149 Å². The normalized spacial score (nSPS) is 11.0. The summed E-state index contributed by atoms with van der Waals surface area (Å²) in [4.78, 5) is 12.0. The molecule has 4 rings (SSSR count). The molecule has 1 aromatic heterocycles. The van der Waals surface area contributed by atoms with Crippen LogP contribution in [0.4, 0.5) is 10.1 Å². The molecule has 0 unspecified atom stereocenters. The van der Waals surface area contributed by atoms with Crippen molar-refractivity contribution in [3.63, 3.8) is 0 Å². The number of amides is 1. The number of benzene rings is 3. The van der Waals surface area contributed by atoms with E-state index in [1.165, 1.54) is 12.1 Å². The number of hydrogen-bond donors (Lipinski definition) is 1. The Morgan fingerprint density at radius 1 is 1.04 bits per heavy atom. The molecular formula is C21H16FNO3. The number of para-hydroxylation sites is 1. The van der Waals surface area contributed by atoms with Crippen LogP contribution in [0.3, 0.4) is 0 Å². The number of hydrogen-bond acceptors (Lipinski definition) is 3. The van der Waals surface area contributed by atoms with E-state index in [4.69, 9.17) is 9.15 Å². The third-order valence-electron chi connectivity index (χ3n) is 4.12. The molecule has 1 amide bonds. The van der Waals surface area contributed by atoms with Gasteiger partial charge in [-0.3, -0.25) is 4.79 Å². The highest BCUT2D eigenvalue weighted by atomic mass is 19.1. The smallest absolute Gasteiger partial charge is 0.262 e. The van der Waals surface area contributed by atoms with Crippen LogP contribution in [0.5, 0.6) is 5.75 Å². The fourth-order valence-electron chi connectivity index (χ4n) is 2.85. The van der Waals surface area contributed by atoms with Gasteiger partial charge in [0.25, 0.3) is 5.91 Å². The summed E-state index contributed by atoms with van der Waals surface area (Å²) in [5.74, 6) is -0.349. The molecule has 1 N–H and O–H groups in total. The number of anilines is 1. The van der Waals surface area contributed by atoms with E-state index in [0.29, 0.717) is 5.75 Å². The molecule has 0 aliphatic carbocycles. The summed E-state index contributed by atoms with van der Waals surface area (Å²) >= 11 is 0. The van der Waals surface area contributed by atoms with Crippen molar-refractivity contribution in [2.45, 2.75) is 6.92 Å². The van der Waals surface area contributed by atoms with Gasteiger partial charge in [-0.2, -0.15) is 0 Å². The van der Waals surface area contributed by atoms with Crippen LogP contribution >= 0.6 is 0 Å². The van der Waals surface area contributed by atoms with E-state index in [9.17, 15) is 9.18 Å². The average molecular weight is 349 g/mol. The molecule has 3 aromatic carbocycles. The molecule has 0 saturated carbocycles. The lowest BCUT2D eigenvalue weighted by molar-refractivity contribution is -0.118. The topological polar surface area (TPSA) is 51.5 Å². The van der Waals surface area contributed by atoms with Crippen molar-refractivity contribution in [1.82, 2.24) is 0 Å². The second kappa shape index (κ2) is 6.52. The van der Waals surface area contributed by atoms with Gasteiger partial charge in [0.05, 0.1) is 5.69 Å². The van der Waals surface area contributed by atoms with Crippen LogP contribution in [0.25, 0.3) is 21.9 Å². The molecular weight excluding hydrogens is 333 g/mol. The summed E-state index contributed by atoms with van der Waals surface area (Å²) < 4.78 is 25.1. The van der Waals surface area contributed by atoms with Gasteiger partial charge in [0.1, 0.15) is 22.7 Å². The van der Waals surface area contributed by atoms with Crippen molar-refractivity contribution < 1.29 is 18.3 Å². The lowest BCUT2D eigenvalue weighted by atomic mass is 10.1. The van der Waals surface area contributed by atoms with Crippen LogP contribution in [0, 0.1) is 12.7 Å². The van der Waals surface area contributed by atoms with Crippen LogP contribution in [0.15, 0.2) is 65.1 Å². The van der Waals surface area contributed by atoms with Gasteiger partial charge in [-0.1, -0.05) is 24.3 Å². The fraction of sp³-hybridized carbons (Fsp3) is 0.0952. The van der Waals surface area contributed by atoms with Crippen molar-refractivity contribution in [3.8, 4) is 5.75 Å². The van der Waals surface area contributed by atoms with Gasteiger partial charge >= 0.3 is 0 Å². The van der Waals surface area contributed by atoms with E-state index >= 15 is 0 Å². The van der Waals surface area contributed by atoms with E-state index in [2.05, 4.69) is 5.32 Å². The Hall–Kier alpha value is -3.34. The highest BCUT2D eigenvalue weighted by Crippen LogP contribution is 2.31. The zero-order valence-electron chi connectivity index (χ0n) is 14.1. The Balaban J connectivity index is 1.48. The molecule has 130 valence electrons. The molecule has 0 bridgehead atoms. The molecule has 1 heterocycles. The first-order chi connectivity index (χ1) is 12.6. The molecule has 4 nitrogen and oxygen atoms in total. The summed E-state index contributed by atoms with van der Waals surface area (Å²) in [7, 11) is 0. The summed E-state index contributed by atoms with van der Waals surface area (Å²) in [5, 5.41) is 4.42. The minimum Gasteiger partial charge on any atom is -0.484 e. The number of halogens is 1. The zero-order valence-corrected chi connectivity index (χ0v) is 14.1. The maximum absolute atomic E-state index is 13.8. The van der Waals surface area contributed by atoms with Crippen molar-refractivity contribution >= 4 is 33.5 Å². The number of furan rings is 1. The highest BCUT2D eigenvalue weighted by Gasteiger charge is 2.10. The molecule has 0 saturated heterocycles. The Kier molecular flexibility index (Phi) is 4.05. The predicted molar refractivity (Wildman–Crippen MR) is 99.0 cm³/mol. The maximum atomic E-state index is 13.8. The molecule has 0 aliphatic rings. The second-order valence-electron chi connectivity index (χ2n) is 6.08. The van der Waals surface area contributed by atoms with Crippen LogP contribution in [-0.2, 0) is 4.79 Å². The van der Waals surface area contributed by atoms with E-state index in [1.54, 1.807) is 19.1 Å². The Morgan fingerprint density at radius 2 is 1.85 bits per heavy atom. The van der Waals surface area contributed by atoms with E-state index in [0.717, 1.165) is 27.5 Å². The van der Waals surface area contributed by atoms with Crippen molar-refractivity contribution in [3.05, 3.63) is 72.0 Å². The number of fused-ring (bicyclic) bond motifs is 3. The summed E-state index contributed by atoms with van der Waals surface area (Å²) in [5.41, 5.74) is 2.48. The quantitative estimate of drug-likeness (QED) is 0.561. The molecule has 0 aliphatic heterocycles. The number of rotatable bonds is 4. The van der Waals surface area contributed by atoms with Crippen LogP contribution in [0.1, 0.15) is 5.56 Å². The van der Waals surface area contributed by atoms with Crippen molar-refractivity contribution in [1.29, 1.82) is 0 Å². The minimum absolute atomic E-state index is 0.139. The van der Waals surface area contributed by atoms with Gasteiger partial charge < -0.3 is 14.5 Å². The molecule has 0 spiro atoms. The Morgan fingerprint density at radius 3 is 2.69 bits per heavy atom. The number of carbonyl (C=O) groups is 1.